The number of rotatable bonds is 2. The van der Waals surface area contributed by atoms with E-state index in [1.54, 1.807) is 24.1 Å². The molecule has 1 aliphatic rings. The van der Waals surface area contributed by atoms with Crippen molar-refractivity contribution < 1.29 is 14.3 Å². The number of nitrogens with zero attached hydrogens (tertiary/aromatic N) is 4. The highest BCUT2D eigenvalue weighted by molar-refractivity contribution is 5.95. The third-order valence-corrected chi connectivity index (χ3v) is 4.39. The Bertz CT molecular complexity index is 962. The van der Waals surface area contributed by atoms with E-state index in [2.05, 4.69) is 15.3 Å². The first kappa shape index (κ1) is 15.4. The predicted molar refractivity (Wildman–Crippen MR) is 87.0 cm³/mol. The second kappa shape index (κ2) is 5.73. The molecule has 0 radical (unpaired) electrons. The van der Waals surface area contributed by atoms with Crippen LogP contribution >= 0.6 is 0 Å². The van der Waals surface area contributed by atoms with E-state index in [1.165, 1.54) is 23.0 Å². The maximum atomic E-state index is 13.3. The number of aromatic amines is 1. The predicted octanol–water partition coefficient (Wildman–Crippen LogP) is 1.95. The molecule has 0 spiro atoms. The van der Waals surface area contributed by atoms with Crippen molar-refractivity contribution in [1.29, 1.82) is 0 Å². The Morgan fingerprint density at radius 1 is 1.40 bits per heavy atom. The lowest BCUT2D eigenvalue weighted by molar-refractivity contribution is 0.0725. The number of hydrogen-bond donors (Lipinski definition) is 2. The number of benzene rings is 1. The van der Waals surface area contributed by atoms with Gasteiger partial charge in [-0.3, -0.25) is 9.89 Å². The highest BCUT2D eigenvalue weighted by Gasteiger charge is 2.27. The Balaban J connectivity index is 1.63. The molecule has 4 rings (SSSR count). The number of carbonyl (C=O) groups is 1. The molecule has 0 bridgehead atoms. The summed E-state index contributed by atoms with van der Waals surface area (Å²) < 4.78 is 14.7. The first-order valence-electron chi connectivity index (χ1n) is 7.88. The number of hydrogen-bond acceptors (Lipinski definition) is 4. The minimum Gasteiger partial charge on any atom is -0.504 e. The monoisotopic (exact) mass is 341 g/mol. The summed E-state index contributed by atoms with van der Waals surface area (Å²) in [5, 5.41) is 21.3. The first-order valence-corrected chi connectivity index (χ1v) is 7.88. The average molecular weight is 341 g/mol. The number of aryl methyl sites for hydroxylation is 1. The van der Waals surface area contributed by atoms with Crippen molar-refractivity contribution in [3.63, 3.8) is 0 Å². The van der Waals surface area contributed by atoms with Crippen LogP contribution < -0.4 is 0 Å². The third-order valence-electron chi connectivity index (χ3n) is 4.39. The number of H-pyrrole nitrogens is 1. The van der Waals surface area contributed by atoms with Gasteiger partial charge < -0.3 is 10.0 Å². The van der Waals surface area contributed by atoms with Crippen molar-refractivity contribution in [2.75, 3.05) is 6.54 Å². The largest absolute Gasteiger partial charge is 0.504 e. The Kier molecular flexibility index (Phi) is 3.52. The molecule has 2 aromatic heterocycles. The number of nitrogens with one attached hydrogen (secondary N) is 1. The van der Waals surface area contributed by atoms with Gasteiger partial charge in [0, 0.05) is 30.8 Å². The van der Waals surface area contributed by atoms with Gasteiger partial charge >= 0.3 is 0 Å². The molecule has 7 nitrogen and oxygen atoms in total. The van der Waals surface area contributed by atoms with Crippen LogP contribution in [0.2, 0.25) is 0 Å². The van der Waals surface area contributed by atoms with Crippen molar-refractivity contribution in [2.45, 2.75) is 19.9 Å². The van der Waals surface area contributed by atoms with E-state index in [0.29, 0.717) is 30.8 Å². The molecule has 1 aliphatic heterocycles. The molecule has 0 unspecified atom stereocenters. The molecule has 0 saturated heterocycles. The first-order chi connectivity index (χ1) is 12.0. The van der Waals surface area contributed by atoms with Crippen molar-refractivity contribution >= 4 is 5.91 Å². The van der Waals surface area contributed by atoms with Gasteiger partial charge in [0.05, 0.1) is 18.1 Å². The van der Waals surface area contributed by atoms with Crippen LogP contribution in [0.4, 0.5) is 4.39 Å². The summed E-state index contributed by atoms with van der Waals surface area (Å²) in [7, 11) is 0. The standard InChI is InChI=1S/C17H16FN5O2/c1-10-6-12(18)2-3-14(10)23-9-15(24)16(21-23)17(25)22-5-4-13-11(8-22)7-19-20-13/h2-3,6-7,9,24H,4-5,8H2,1H3,(H,19,20). The van der Waals surface area contributed by atoms with Crippen LogP contribution in [0.3, 0.4) is 0 Å². The zero-order valence-electron chi connectivity index (χ0n) is 13.5. The highest BCUT2D eigenvalue weighted by atomic mass is 19.1. The van der Waals surface area contributed by atoms with E-state index < -0.39 is 0 Å². The smallest absolute Gasteiger partial charge is 0.278 e. The SMILES string of the molecule is Cc1cc(F)ccc1-n1cc(O)c(C(=O)N2CCc3[nH]ncc3C2)n1. The van der Waals surface area contributed by atoms with Gasteiger partial charge in [0.25, 0.3) is 5.91 Å². The second-order valence-corrected chi connectivity index (χ2v) is 6.09. The lowest BCUT2D eigenvalue weighted by Crippen LogP contribution is -2.36. The molecule has 0 fully saturated rings. The molecule has 1 aromatic carbocycles. The van der Waals surface area contributed by atoms with Crippen molar-refractivity contribution in [3.8, 4) is 11.4 Å². The molecule has 1 amide bonds. The summed E-state index contributed by atoms with van der Waals surface area (Å²) in [6.07, 6.45) is 3.75. The van der Waals surface area contributed by atoms with Crippen LogP contribution in [0.25, 0.3) is 5.69 Å². The van der Waals surface area contributed by atoms with Crippen LogP contribution in [0.1, 0.15) is 27.3 Å². The van der Waals surface area contributed by atoms with E-state index in [1.807, 2.05) is 0 Å². The van der Waals surface area contributed by atoms with Gasteiger partial charge in [0.15, 0.2) is 11.4 Å². The van der Waals surface area contributed by atoms with Gasteiger partial charge in [0.2, 0.25) is 0 Å². The lowest BCUT2D eigenvalue weighted by Gasteiger charge is -2.25. The van der Waals surface area contributed by atoms with E-state index >= 15 is 0 Å². The molecule has 0 saturated carbocycles. The highest BCUT2D eigenvalue weighted by Crippen LogP contribution is 2.24. The zero-order chi connectivity index (χ0) is 17.6. The molecular weight excluding hydrogens is 325 g/mol. The number of amides is 1. The molecule has 8 heteroatoms. The molecule has 3 aromatic rings. The molecule has 25 heavy (non-hydrogen) atoms. The number of aromatic hydroxyl groups is 1. The third kappa shape index (κ3) is 2.65. The fraction of sp³-hybridized carbons (Fsp3) is 0.235. The van der Waals surface area contributed by atoms with Crippen LogP contribution in [0, 0.1) is 12.7 Å². The van der Waals surface area contributed by atoms with Gasteiger partial charge in [-0.25, -0.2) is 9.07 Å². The average Bonchev–Trinajstić information content (AvgIpc) is 3.19. The normalized spacial score (nSPS) is 13.8. The molecule has 128 valence electrons. The summed E-state index contributed by atoms with van der Waals surface area (Å²) in [6.45, 7) is 2.69. The van der Waals surface area contributed by atoms with Crippen molar-refractivity contribution in [1.82, 2.24) is 24.9 Å². The fourth-order valence-corrected chi connectivity index (χ4v) is 3.06. The minimum absolute atomic E-state index is 0.0179. The minimum atomic E-state index is -0.349. The van der Waals surface area contributed by atoms with Crippen LogP contribution in [-0.2, 0) is 13.0 Å². The second-order valence-electron chi connectivity index (χ2n) is 6.09. The Morgan fingerprint density at radius 3 is 3.04 bits per heavy atom. The van der Waals surface area contributed by atoms with Gasteiger partial charge in [-0.1, -0.05) is 0 Å². The quantitative estimate of drug-likeness (QED) is 0.746. The van der Waals surface area contributed by atoms with Crippen molar-refractivity contribution in [3.05, 3.63) is 58.9 Å². The summed E-state index contributed by atoms with van der Waals surface area (Å²) in [6, 6.07) is 4.25. The van der Waals surface area contributed by atoms with E-state index in [-0.39, 0.29) is 23.2 Å². The maximum Gasteiger partial charge on any atom is 0.278 e. The summed E-state index contributed by atoms with van der Waals surface area (Å²) in [4.78, 5) is 14.4. The van der Waals surface area contributed by atoms with Gasteiger partial charge in [-0.2, -0.15) is 10.2 Å². The van der Waals surface area contributed by atoms with Gasteiger partial charge in [-0.05, 0) is 30.7 Å². The Morgan fingerprint density at radius 2 is 2.24 bits per heavy atom. The molecule has 2 N–H and O–H groups in total. The van der Waals surface area contributed by atoms with E-state index in [4.69, 9.17) is 0 Å². The number of aromatic nitrogens is 4. The number of halogens is 1. The Labute approximate surface area is 142 Å². The molecule has 3 heterocycles. The topological polar surface area (TPSA) is 87.0 Å². The number of carbonyl (C=O) groups excluding carboxylic acids is 1. The van der Waals surface area contributed by atoms with Gasteiger partial charge in [0.1, 0.15) is 5.82 Å². The molecule has 0 aliphatic carbocycles. The van der Waals surface area contributed by atoms with Crippen LogP contribution in [0.5, 0.6) is 5.75 Å². The fourth-order valence-electron chi connectivity index (χ4n) is 3.06. The van der Waals surface area contributed by atoms with E-state index in [9.17, 15) is 14.3 Å². The number of fused-ring (bicyclic) bond motifs is 1. The Hall–Kier alpha value is -3.16. The zero-order valence-corrected chi connectivity index (χ0v) is 13.5. The van der Waals surface area contributed by atoms with Crippen LogP contribution in [0.15, 0.2) is 30.6 Å². The summed E-state index contributed by atoms with van der Waals surface area (Å²) in [5.74, 6) is -0.896. The van der Waals surface area contributed by atoms with E-state index in [0.717, 1.165) is 11.3 Å². The van der Waals surface area contributed by atoms with Crippen LogP contribution in [-0.4, -0.2) is 42.4 Å². The maximum absolute atomic E-state index is 13.3. The lowest BCUT2D eigenvalue weighted by atomic mass is 10.1. The molecular formula is C17H16FN5O2. The molecule has 0 atom stereocenters. The summed E-state index contributed by atoms with van der Waals surface area (Å²) >= 11 is 0. The van der Waals surface area contributed by atoms with Crippen molar-refractivity contribution in [2.24, 2.45) is 0 Å². The van der Waals surface area contributed by atoms with Gasteiger partial charge in [-0.15, -0.1) is 0 Å². The summed E-state index contributed by atoms with van der Waals surface area (Å²) in [5.41, 5.74) is 3.23.